The predicted octanol–water partition coefficient (Wildman–Crippen LogP) is 4.47. The molecule has 0 aliphatic carbocycles. The minimum atomic E-state index is -0.322. The maximum absolute atomic E-state index is 12.6. The summed E-state index contributed by atoms with van der Waals surface area (Å²) in [6.07, 6.45) is 0. The average Bonchev–Trinajstić information content (AvgIpc) is 2.89. The van der Waals surface area contributed by atoms with E-state index in [1.54, 1.807) is 25.3 Å². The number of para-hydroxylation sites is 1. The molecule has 0 fully saturated rings. The number of hydrogen-bond donors (Lipinski definition) is 0. The molecule has 0 aliphatic heterocycles. The van der Waals surface area contributed by atoms with Gasteiger partial charge in [-0.15, -0.1) is 11.3 Å². The van der Waals surface area contributed by atoms with Gasteiger partial charge in [-0.1, -0.05) is 35.9 Å². The van der Waals surface area contributed by atoms with E-state index >= 15 is 0 Å². The smallest absolute Gasteiger partial charge is 0.283 e. The number of ether oxygens (including phenoxy) is 1. The van der Waals surface area contributed by atoms with Gasteiger partial charge in [0, 0.05) is 16.9 Å². The van der Waals surface area contributed by atoms with E-state index in [4.69, 9.17) is 16.3 Å². The molecule has 6 heteroatoms. The molecule has 3 rings (SSSR count). The molecule has 128 valence electrons. The Hall–Kier alpha value is -2.37. The Labute approximate surface area is 155 Å². The molecule has 1 amide bonds. The first kappa shape index (κ1) is 17.5. The van der Waals surface area contributed by atoms with E-state index in [0.717, 1.165) is 16.1 Å². The van der Waals surface area contributed by atoms with E-state index in [1.807, 2.05) is 48.9 Å². The van der Waals surface area contributed by atoms with Crippen molar-refractivity contribution >= 4 is 28.8 Å². The lowest BCUT2D eigenvalue weighted by atomic mass is 10.1. The van der Waals surface area contributed by atoms with E-state index in [0.29, 0.717) is 21.1 Å². The molecule has 0 saturated carbocycles. The van der Waals surface area contributed by atoms with Crippen LogP contribution in [0.25, 0.3) is 11.3 Å². The monoisotopic (exact) mass is 372 g/mol. The lowest BCUT2D eigenvalue weighted by Crippen LogP contribution is -2.14. The van der Waals surface area contributed by atoms with Gasteiger partial charge in [-0.05, 0) is 36.8 Å². The molecule has 2 aromatic carbocycles. The molecule has 0 saturated heterocycles. The van der Waals surface area contributed by atoms with Crippen molar-refractivity contribution in [2.24, 2.45) is 12.0 Å². The molecule has 4 nitrogen and oxygen atoms in total. The lowest BCUT2D eigenvalue weighted by molar-refractivity contribution is 0.0995. The van der Waals surface area contributed by atoms with Crippen molar-refractivity contribution in [1.29, 1.82) is 0 Å². The summed E-state index contributed by atoms with van der Waals surface area (Å²) in [4.78, 5) is 18.6. The highest BCUT2D eigenvalue weighted by atomic mass is 35.5. The molecular weight excluding hydrogens is 356 g/mol. The minimum Gasteiger partial charge on any atom is -0.496 e. The molecule has 0 aliphatic rings. The highest BCUT2D eigenvalue weighted by Crippen LogP contribution is 2.26. The second-order valence-corrected chi connectivity index (χ2v) is 7.09. The molecule has 1 aromatic heterocycles. The maximum Gasteiger partial charge on any atom is 0.283 e. The molecule has 25 heavy (non-hydrogen) atoms. The van der Waals surface area contributed by atoms with Crippen LogP contribution >= 0.6 is 22.9 Å². The van der Waals surface area contributed by atoms with Gasteiger partial charge in [-0.2, -0.15) is 4.99 Å². The predicted molar refractivity (Wildman–Crippen MR) is 101 cm³/mol. The first-order valence-corrected chi connectivity index (χ1v) is 8.85. The normalized spacial score (nSPS) is 11.6. The number of benzene rings is 2. The number of thiazole rings is 1. The van der Waals surface area contributed by atoms with Gasteiger partial charge in [0.05, 0.1) is 18.4 Å². The summed E-state index contributed by atoms with van der Waals surface area (Å²) in [5.41, 5.74) is 2.50. The van der Waals surface area contributed by atoms with E-state index in [-0.39, 0.29) is 5.91 Å². The fourth-order valence-electron chi connectivity index (χ4n) is 2.66. The number of aromatic nitrogens is 1. The zero-order chi connectivity index (χ0) is 18.0. The second-order valence-electron chi connectivity index (χ2n) is 5.47. The number of nitrogens with zero attached hydrogens (tertiary/aromatic N) is 2. The van der Waals surface area contributed by atoms with Crippen LogP contribution in [0.3, 0.4) is 0 Å². The Kier molecular flexibility index (Phi) is 5.06. The van der Waals surface area contributed by atoms with Crippen molar-refractivity contribution in [2.45, 2.75) is 6.92 Å². The summed E-state index contributed by atoms with van der Waals surface area (Å²) < 4.78 is 7.17. The van der Waals surface area contributed by atoms with Crippen LogP contribution in [0.1, 0.15) is 15.2 Å². The molecule has 3 aromatic rings. The quantitative estimate of drug-likeness (QED) is 0.681. The Morgan fingerprint density at radius 1 is 1.16 bits per heavy atom. The summed E-state index contributed by atoms with van der Waals surface area (Å²) >= 11 is 7.45. The van der Waals surface area contributed by atoms with Crippen LogP contribution in [-0.4, -0.2) is 17.6 Å². The third-order valence-electron chi connectivity index (χ3n) is 3.85. The van der Waals surface area contributed by atoms with Crippen molar-refractivity contribution in [1.82, 2.24) is 4.57 Å². The maximum atomic E-state index is 12.6. The SMILES string of the molecule is COc1ccccc1C(=O)N=c1sc(C)c(-c2ccc(Cl)cc2)n1C. The standard InChI is InChI=1S/C19H17ClN2O2S/c1-12-17(13-8-10-14(20)11-9-13)22(2)19(25-12)21-18(23)15-6-4-5-7-16(15)24-3/h4-11H,1-3H3. The van der Waals surface area contributed by atoms with Crippen LogP contribution < -0.4 is 9.54 Å². The molecule has 0 spiro atoms. The fraction of sp³-hybridized carbons (Fsp3) is 0.158. The van der Waals surface area contributed by atoms with Crippen LogP contribution in [-0.2, 0) is 7.05 Å². The number of carbonyl (C=O) groups excluding carboxylic acids is 1. The van der Waals surface area contributed by atoms with Crippen molar-refractivity contribution < 1.29 is 9.53 Å². The van der Waals surface area contributed by atoms with E-state index in [1.165, 1.54) is 11.3 Å². The zero-order valence-corrected chi connectivity index (χ0v) is 15.7. The topological polar surface area (TPSA) is 43.6 Å². The average molecular weight is 373 g/mol. The van der Waals surface area contributed by atoms with Crippen LogP contribution in [0.4, 0.5) is 0 Å². The van der Waals surface area contributed by atoms with Gasteiger partial charge in [-0.3, -0.25) is 4.79 Å². The molecule has 0 bridgehead atoms. The molecule has 0 N–H and O–H groups in total. The van der Waals surface area contributed by atoms with Gasteiger partial charge in [0.15, 0.2) is 4.80 Å². The molecule has 0 unspecified atom stereocenters. The highest BCUT2D eigenvalue weighted by molar-refractivity contribution is 7.09. The first-order valence-electron chi connectivity index (χ1n) is 7.65. The van der Waals surface area contributed by atoms with E-state index < -0.39 is 0 Å². The third-order valence-corrected chi connectivity index (χ3v) is 5.15. The number of aryl methyl sites for hydroxylation is 1. The summed E-state index contributed by atoms with van der Waals surface area (Å²) in [7, 11) is 3.45. The second kappa shape index (κ2) is 7.25. The number of amides is 1. The van der Waals surface area contributed by atoms with Gasteiger partial charge in [-0.25, -0.2) is 0 Å². The molecule has 0 atom stereocenters. The molecular formula is C19H17ClN2O2S. The van der Waals surface area contributed by atoms with E-state index in [9.17, 15) is 4.79 Å². The summed E-state index contributed by atoms with van der Waals surface area (Å²) in [5.74, 6) is 0.196. The Morgan fingerprint density at radius 2 is 1.84 bits per heavy atom. The lowest BCUT2D eigenvalue weighted by Gasteiger charge is -2.05. The van der Waals surface area contributed by atoms with Gasteiger partial charge in [0.25, 0.3) is 5.91 Å². The van der Waals surface area contributed by atoms with Crippen LogP contribution in [0, 0.1) is 6.92 Å². The Morgan fingerprint density at radius 3 is 2.52 bits per heavy atom. The molecule has 0 radical (unpaired) electrons. The summed E-state index contributed by atoms with van der Waals surface area (Å²) in [6, 6.07) is 14.7. The summed E-state index contributed by atoms with van der Waals surface area (Å²) in [5, 5.41) is 0.690. The van der Waals surface area contributed by atoms with Crippen LogP contribution in [0.5, 0.6) is 5.75 Å². The van der Waals surface area contributed by atoms with Gasteiger partial charge in [0.2, 0.25) is 0 Å². The Balaban J connectivity index is 2.06. The fourth-order valence-corrected chi connectivity index (χ4v) is 3.76. The van der Waals surface area contributed by atoms with Gasteiger partial charge >= 0.3 is 0 Å². The summed E-state index contributed by atoms with van der Waals surface area (Å²) in [6.45, 7) is 2.02. The first-order chi connectivity index (χ1) is 12.0. The van der Waals surface area contributed by atoms with Crippen molar-refractivity contribution in [2.75, 3.05) is 7.11 Å². The highest BCUT2D eigenvalue weighted by Gasteiger charge is 2.14. The minimum absolute atomic E-state index is 0.322. The van der Waals surface area contributed by atoms with Crippen LogP contribution in [0.2, 0.25) is 5.02 Å². The van der Waals surface area contributed by atoms with Crippen molar-refractivity contribution in [3.05, 3.63) is 68.8 Å². The van der Waals surface area contributed by atoms with Crippen LogP contribution in [0.15, 0.2) is 53.5 Å². The van der Waals surface area contributed by atoms with Gasteiger partial charge < -0.3 is 9.30 Å². The molecule has 1 heterocycles. The zero-order valence-electron chi connectivity index (χ0n) is 14.1. The largest absolute Gasteiger partial charge is 0.496 e. The number of methoxy groups -OCH3 is 1. The van der Waals surface area contributed by atoms with Crippen molar-refractivity contribution in [3.8, 4) is 17.0 Å². The van der Waals surface area contributed by atoms with E-state index in [2.05, 4.69) is 4.99 Å². The third kappa shape index (κ3) is 3.52. The Bertz CT molecular complexity index is 987. The van der Waals surface area contributed by atoms with Crippen molar-refractivity contribution in [3.63, 3.8) is 0 Å². The number of carbonyl (C=O) groups is 1. The number of rotatable bonds is 3. The van der Waals surface area contributed by atoms with Gasteiger partial charge in [0.1, 0.15) is 5.75 Å². The number of halogens is 1. The number of hydrogen-bond acceptors (Lipinski definition) is 3.